The second-order valence-corrected chi connectivity index (χ2v) is 7.67. The predicted molar refractivity (Wildman–Crippen MR) is 82.7 cm³/mol. The van der Waals surface area contributed by atoms with E-state index in [1.165, 1.54) is 25.7 Å². The van der Waals surface area contributed by atoms with Crippen molar-refractivity contribution in [2.45, 2.75) is 51.0 Å². The molecule has 2 N–H and O–H groups in total. The third-order valence-corrected chi connectivity index (χ3v) is 5.92. The van der Waals surface area contributed by atoms with Crippen molar-refractivity contribution in [3.05, 3.63) is 0 Å². The maximum absolute atomic E-state index is 12.3. The van der Waals surface area contributed by atoms with Gasteiger partial charge in [-0.25, -0.2) is 4.79 Å². The SMILES string of the molecule is CCOC(=O)C(N)(CN(C)CC1CC2CCC1C2)C1CC1. The first-order chi connectivity index (χ1) is 10.0. The van der Waals surface area contributed by atoms with E-state index in [2.05, 4.69) is 11.9 Å². The predicted octanol–water partition coefficient (Wildman–Crippen LogP) is 2.02. The fourth-order valence-corrected chi connectivity index (χ4v) is 4.74. The van der Waals surface area contributed by atoms with Crippen LogP contribution in [0.15, 0.2) is 0 Å². The first kappa shape index (κ1) is 15.3. The number of carbonyl (C=O) groups excluding carboxylic acids is 1. The smallest absolute Gasteiger partial charge is 0.327 e. The molecule has 4 nitrogen and oxygen atoms in total. The fourth-order valence-electron chi connectivity index (χ4n) is 4.74. The van der Waals surface area contributed by atoms with E-state index in [9.17, 15) is 4.79 Å². The molecule has 3 aliphatic carbocycles. The molecule has 0 saturated heterocycles. The molecule has 0 amide bonds. The molecule has 0 aromatic heterocycles. The van der Waals surface area contributed by atoms with Gasteiger partial charge in [-0.05, 0) is 69.7 Å². The van der Waals surface area contributed by atoms with Crippen LogP contribution in [-0.2, 0) is 9.53 Å². The molecule has 3 rings (SSSR count). The van der Waals surface area contributed by atoms with Crippen molar-refractivity contribution in [1.82, 2.24) is 4.90 Å². The summed E-state index contributed by atoms with van der Waals surface area (Å²) in [7, 11) is 2.12. The molecule has 0 aliphatic heterocycles. The van der Waals surface area contributed by atoms with Gasteiger partial charge < -0.3 is 15.4 Å². The molecule has 0 aromatic rings. The van der Waals surface area contributed by atoms with E-state index < -0.39 is 5.54 Å². The minimum Gasteiger partial charge on any atom is -0.465 e. The molecule has 2 bridgehead atoms. The van der Waals surface area contributed by atoms with Gasteiger partial charge in [0.05, 0.1) is 6.61 Å². The third-order valence-electron chi connectivity index (χ3n) is 5.92. The van der Waals surface area contributed by atoms with Crippen LogP contribution in [0.3, 0.4) is 0 Å². The summed E-state index contributed by atoms with van der Waals surface area (Å²) in [5.74, 6) is 2.84. The number of carbonyl (C=O) groups is 1. The normalized spacial score (nSPS) is 34.2. The van der Waals surface area contributed by atoms with Crippen molar-refractivity contribution in [2.24, 2.45) is 29.4 Å². The summed E-state index contributed by atoms with van der Waals surface area (Å²) in [6.45, 7) is 4.00. The highest BCUT2D eigenvalue weighted by atomic mass is 16.5. The highest BCUT2D eigenvalue weighted by Crippen LogP contribution is 2.48. The third kappa shape index (κ3) is 3.11. The molecule has 120 valence electrons. The molecule has 4 unspecified atom stereocenters. The van der Waals surface area contributed by atoms with Gasteiger partial charge >= 0.3 is 5.97 Å². The van der Waals surface area contributed by atoms with E-state index in [0.29, 0.717) is 19.1 Å². The lowest BCUT2D eigenvalue weighted by Crippen LogP contribution is -2.58. The van der Waals surface area contributed by atoms with Crippen LogP contribution in [0.2, 0.25) is 0 Å². The Labute approximate surface area is 128 Å². The zero-order chi connectivity index (χ0) is 15.0. The maximum Gasteiger partial charge on any atom is 0.327 e. The molecule has 0 spiro atoms. The Morgan fingerprint density at radius 2 is 2.05 bits per heavy atom. The molecule has 0 aromatic carbocycles. The number of likely N-dealkylation sites (N-methyl/N-ethyl adjacent to an activating group) is 1. The summed E-state index contributed by atoms with van der Waals surface area (Å²) >= 11 is 0. The quantitative estimate of drug-likeness (QED) is 0.730. The number of fused-ring (bicyclic) bond motifs is 2. The lowest BCUT2D eigenvalue weighted by atomic mass is 9.87. The molecule has 3 fully saturated rings. The van der Waals surface area contributed by atoms with Crippen LogP contribution >= 0.6 is 0 Å². The van der Waals surface area contributed by atoms with Crippen LogP contribution in [0.1, 0.15) is 45.4 Å². The van der Waals surface area contributed by atoms with E-state index in [4.69, 9.17) is 10.5 Å². The van der Waals surface area contributed by atoms with E-state index in [0.717, 1.165) is 37.1 Å². The lowest BCUT2D eigenvalue weighted by molar-refractivity contribution is -0.151. The Kier molecular flexibility index (Phi) is 4.28. The van der Waals surface area contributed by atoms with Crippen LogP contribution in [-0.4, -0.2) is 43.2 Å². The maximum atomic E-state index is 12.3. The Morgan fingerprint density at radius 3 is 2.57 bits per heavy atom. The van der Waals surface area contributed by atoms with Gasteiger partial charge in [-0.1, -0.05) is 6.42 Å². The number of nitrogens with zero attached hydrogens (tertiary/aromatic N) is 1. The second-order valence-electron chi connectivity index (χ2n) is 7.67. The van der Waals surface area contributed by atoms with Crippen molar-refractivity contribution in [3.63, 3.8) is 0 Å². The van der Waals surface area contributed by atoms with Gasteiger partial charge in [0.25, 0.3) is 0 Å². The van der Waals surface area contributed by atoms with Crippen LogP contribution in [0, 0.1) is 23.7 Å². The molecular weight excluding hydrogens is 264 g/mol. The largest absolute Gasteiger partial charge is 0.465 e. The van der Waals surface area contributed by atoms with Gasteiger partial charge in [-0.15, -0.1) is 0 Å². The van der Waals surface area contributed by atoms with E-state index >= 15 is 0 Å². The second kappa shape index (κ2) is 5.88. The average molecular weight is 294 g/mol. The van der Waals surface area contributed by atoms with Crippen molar-refractivity contribution in [2.75, 3.05) is 26.7 Å². The number of hydrogen-bond acceptors (Lipinski definition) is 4. The summed E-state index contributed by atoms with van der Waals surface area (Å²) in [6.07, 6.45) is 7.81. The van der Waals surface area contributed by atoms with Gasteiger partial charge in [0.15, 0.2) is 0 Å². The van der Waals surface area contributed by atoms with Crippen molar-refractivity contribution in [1.29, 1.82) is 0 Å². The molecule has 0 radical (unpaired) electrons. The standard InChI is InChI=1S/C17H30N2O2/c1-3-21-16(20)17(18,15-6-7-15)11-19(2)10-14-9-12-4-5-13(14)8-12/h12-15H,3-11,18H2,1-2H3. The summed E-state index contributed by atoms with van der Waals surface area (Å²) in [5, 5.41) is 0. The Bertz CT molecular complexity index is 396. The summed E-state index contributed by atoms with van der Waals surface area (Å²) in [6, 6.07) is 0. The summed E-state index contributed by atoms with van der Waals surface area (Å²) < 4.78 is 5.24. The van der Waals surface area contributed by atoms with E-state index in [-0.39, 0.29) is 5.97 Å². The minimum absolute atomic E-state index is 0.202. The Morgan fingerprint density at radius 1 is 1.29 bits per heavy atom. The highest BCUT2D eigenvalue weighted by molar-refractivity contribution is 5.82. The van der Waals surface area contributed by atoms with E-state index in [1.807, 2.05) is 6.92 Å². The van der Waals surface area contributed by atoms with Crippen LogP contribution in [0.4, 0.5) is 0 Å². The monoisotopic (exact) mass is 294 g/mol. The lowest BCUT2D eigenvalue weighted by Gasteiger charge is -2.34. The first-order valence-electron chi connectivity index (χ1n) is 8.67. The molecular formula is C17H30N2O2. The van der Waals surface area contributed by atoms with Gasteiger partial charge in [0.2, 0.25) is 0 Å². The molecule has 0 heterocycles. The number of hydrogen-bond donors (Lipinski definition) is 1. The topological polar surface area (TPSA) is 55.6 Å². The number of nitrogens with two attached hydrogens (primary N) is 1. The van der Waals surface area contributed by atoms with E-state index in [1.54, 1.807) is 0 Å². The van der Waals surface area contributed by atoms with Crippen LogP contribution in [0.5, 0.6) is 0 Å². The Hall–Kier alpha value is -0.610. The molecule has 3 aliphatic rings. The van der Waals surface area contributed by atoms with Crippen LogP contribution < -0.4 is 5.73 Å². The molecule has 4 heteroatoms. The molecule has 3 saturated carbocycles. The van der Waals surface area contributed by atoms with Gasteiger partial charge in [0.1, 0.15) is 5.54 Å². The van der Waals surface area contributed by atoms with Gasteiger partial charge in [-0.3, -0.25) is 0 Å². The zero-order valence-corrected chi connectivity index (χ0v) is 13.5. The number of rotatable bonds is 7. The highest BCUT2D eigenvalue weighted by Gasteiger charge is 2.50. The average Bonchev–Trinajstić information content (AvgIpc) is 3.11. The van der Waals surface area contributed by atoms with Gasteiger partial charge in [0, 0.05) is 13.1 Å². The zero-order valence-electron chi connectivity index (χ0n) is 13.5. The number of ether oxygens (including phenoxy) is 1. The molecule has 4 atom stereocenters. The van der Waals surface area contributed by atoms with Crippen LogP contribution in [0.25, 0.3) is 0 Å². The van der Waals surface area contributed by atoms with Crippen molar-refractivity contribution in [3.8, 4) is 0 Å². The molecule has 21 heavy (non-hydrogen) atoms. The first-order valence-corrected chi connectivity index (χ1v) is 8.67. The minimum atomic E-state index is -0.789. The van der Waals surface area contributed by atoms with Crippen molar-refractivity contribution < 1.29 is 9.53 Å². The van der Waals surface area contributed by atoms with Crippen molar-refractivity contribution >= 4 is 5.97 Å². The number of esters is 1. The Balaban J connectivity index is 1.56. The van der Waals surface area contributed by atoms with Gasteiger partial charge in [-0.2, -0.15) is 0 Å². The summed E-state index contributed by atoms with van der Waals surface area (Å²) in [4.78, 5) is 14.6. The fraction of sp³-hybridized carbons (Fsp3) is 0.941. The summed E-state index contributed by atoms with van der Waals surface area (Å²) in [5.41, 5.74) is 5.68.